The van der Waals surface area contributed by atoms with Gasteiger partial charge in [-0.25, -0.2) is 8.42 Å². The number of pyridine rings is 1. The maximum absolute atomic E-state index is 11.9. The van der Waals surface area contributed by atoms with Crippen LogP contribution in [0.25, 0.3) is 10.9 Å². The van der Waals surface area contributed by atoms with Crippen molar-refractivity contribution >= 4 is 37.8 Å². The highest BCUT2D eigenvalue weighted by molar-refractivity contribution is 7.90. The molecule has 0 amide bonds. The van der Waals surface area contributed by atoms with Crippen molar-refractivity contribution in [1.82, 2.24) is 9.55 Å². The van der Waals surface area contributed by atoms with E-state index in [0.29, 0.717) is 24.0 Å². The molecule has 0 radical (unpaired) electrons. The molecule has 0 aliphatic carbocycles. The normalized spacial score (nSPS) is 14.0. The third-order valence-corrected chi connectivity index (χ3v) is 8.42. The van der Waals surface area contributed by atoms with Crippen LogP contribution in [0.1, 0.15) is 25.5 Å². The van der Waals surface area contributed by atoms with Gasteiger partial charge in [0.1, 0.15) is 5.75 Å². The van der Waals surface area contributed by atoms with Crippen LogP contribution in [0.15, 0.2) is 71.9 Å². The van der Waals surface area contributed by atoms with Gasteiger partial charge in [-0.2, -0.15) is 0 Å². The first-order valence-electron chi connectivity index (χ1n) is 13.5. The zero-order chi connectivity index (χ0) is 28.1. The molecule has 2 aromatic carbocycles. The molecule has 208 valence electrons. The Labute approximate surface area is 236 Å². The second kappa shape index (κ2) is 11.9. The lowest BCUT2D eigenvalue weighted by atomic mass is 10.0. The molecule has 0 spiro atoms. The highest BCUT2D eigenvalue weighted by atomic mass is 32.2. The van der Waals surface area contributed by atoms with E-state index >= 15 is 0 Å². The van der Waals surface area contributed by atoms with Crippen molar-refractivity contribution in [1.29, 1.82) is 0 Å². The number of aryl methyl sites for hydroxylation is 1. The molecule has 8 nitrogen and oxygen atoms in total. The molecular formula is C31H35N5O3S. The van der Waals surface area contributed by atoms with E-state index < -0.39 is 9.84 Å². The molecule has 2 N–H and O–H groups in total. The van der Waals surface area contributed by atoms with Gasteiger partial charge in [0.2, 0.25) is 0 Å². The van der Waals surface area contributed by atoms with Gasteiger partial charge < -0.3 is 24.8 Å². The van der Waals surface area contributed by atoms with Gasteiger partial charge in [-0.1, -0.05) is 12.0 Å². The van der Waals surface area contributed by atoms with Gasteiger partial charge in [-0.05, 0) is 68.2 Å². The molecule has 1 aliphatic rings. The Kier molecular flexibility index (Phi) is 8.17. The summed E-state index contributed by atoms with van der Waals surface area (Å²) in [7, 11) is -1.79. The van der Waals surface area contributed by atoms with Gasteiger partial charge >= 0.3 is 0 Å². The van der Waals surface area contributed by atoms with Gasteiger partial charge in [-0.3, -0.25) is 4.98 Å². The number of aromatic nitrogens is 2. The quantitative estimate of drug-likeness (QED) is 0.294. The Bertz CT molecular complexity index is 1650. The van der Waals surface area contributed by atoms with E-state index in [1.54, 1.807) is 12.1 Å². The Balaban J connectivity index is 1.28. The predicted octanol–water partition coefficient (Wildman–Crippen LogP) is 5.01. The van der Waals surface area contributed by atoms with Crippen molar-refractivity contribution in [3.63, 3.8) is 0 Å². The van der Waals surface area contributed by atoms with Crippen molar-refractivity contribution in [2.45, 2.75) is 37.2 Å². The lowest BCUT2D eigenvalue weighted by Gasteiger charge is -2.34. The minimum atomic E-state index is -3.31. The van der Waals surface area contributed by atoms with Crippen LogP contribution in [0.4, 0.5) is 17.1 Å². The molecule has 5 rings (SSSR count). The lowest BCUT2D eigenvalue weighted by molar-refractivity contribution is 0.415. The molecule has 40 heavy (non-hydrogen) atoms. The number of nitrogens with one attached hydrogen (secondary N) is 2. The SMILES string of the molecule is CCn1c(C#CCNc2ccc(S(C)(=O)=O)cc2OC)cc2c(NC3CCN(c4cccnc4)CC3)cccc21. The fourth-order valence-electron chi connectivity index (χ4n) is 5.22. The summed E-state index contributed by atoms with van der Waals surface area (Å²) in [4.78, 5) is 6.88. The van der Waals surface area contributed by atoms with E-state index in [1.165, 1.54) is 30.5 Å². The van der Waals surface area contributed by atoms with E-state index in [1.807, 2.05) is 18.5 Å². The first kappa shape index (κ1) is 27.4. The first-order valence-corrected chi connectivity index (χ1v) is 15.4. The Morgan fingerprint density at radius 2 is 1.90 bits per heavy atom. The van der Waals surface area contributed by atoms with Gasteiger partial charge in [0.15, 0.2) is 9.84 Å². The van der Waals surface area contributed by atoms with E-state index in [9.17, 15) is 8.42 Å². The number of methoxy groups -OCH3 is 1. The molecule has 1 aliphatic heterocycles. The number of sulfone groups is 1. The summed E-state index contributed by atoms with van der Waals surface area (Å²) in [6.07, 6.45) is 7.06. The van der Waals surface area contributed by atoms with Crippen LogP contribution in [0.3, 0.4) is 0 Å². The van der Waals surface area contributed by atoms with Gasteiger partial charge in [0.25, 0.3) is 0 Å². The number of anilines is 3. The van der Waals surface area contributed by atoms with E-state index in [4.69, 9.17) is 4.74 Å². The predicted molar refractivity (Wildman–Crippen MR) is 162 cm³/mol. The van der Waals surface area contributed by atoms with Crippen LogP contribution in [-0.2, 0) is 16.4 Å². The van der Waals surface area contributed by atoms with Crippen molar-refractivity contribution in [3.05, 3.63) is 72.7 Å². The van der Waals surface area contributed by atoms with Crippen LogP contribution in [0.2, 0.25) is 0 Å². The van der Waals surface area contributed by atoms with Crippen molar-refractivity contribution in [2.75, 3.05) is 48.5 Å². The Hall–Kier alpha value is -4.16. The van der Waals surface area contributed by atoms with Crippen LogP contribution >= 0.6 is 0 Å². The second-order valence-electron chi connectivity index (χ2n) is 9.92. The van der Waals surface area contributed by atoms with Crippen LogP contribution in [0, 0.1) is 11.8 Å². The van der Waals surface area contributed by atoms with Crippen molar-refractivity contribution in [2.24, 2.45) is 0 Å². The summed E-state index contributed by atoms with van der Waals surface area (Å²) in [5.74, 6) is 7.01. The summed E-state index contributed by atoms with van der Waals surface area (Å²) >= 11 is 0. The number of piperidine rings is 1. The van der Waals surface area contributed by atoms with Crippen molar-refractivity contribution < 1.29 is 13.2 Å². The third-order valence-electron chi connectivity index (χ3n) is 7.31. The number of hydrogen-bond donors (Lipinski definition) is 2. The average Bonchev–Trinajstić information content (AvgIpc) is 3.34. The van der Waals surface area contributed by atoms with Gasteiger partial charge in [-0.15, -0.1) is 0 Å². The summed E-state index contributed by atoms with van der Waals surface area (Å²) in [6, 6.07) is 17.9. The van der Waals surface area contributed by atoms with Gasteiger partial charge in [0.05, 0.1) is 47.3 Å². The van der Waals surface area contributed by atoms with Crippen LogP contribution in [0.5, 0.6) is 5.75 Å². The largest absolute Gasteiger partial charge is 0.495 e. The number of ether oxygens (including phenoxy) is 1. The number of nitrogens with zero attached hydrogens (tertiary/aromatic N) is 3. The highest BCUT2D eigenvalue weighted by Gasteiger charge is 2.20. The monoisotopic (exact) mass is 557 g/mol. The summed E-state index contributed by atoms with van der Waals surface area (Å²) in [6.45, 7) is 5.34. The molecule has 0 atom stereocenters. The lowest BCUT2D eigenvalue weighted by Crippen LogP contribution is -2.39. The average molecular weight is 558 g/mol. The minimum absolute atomic E-state index is 0.219. The van der Waals surface area contributed by atoms with Crippen LogP contribution < -0.4 is 20.3 Å². The smallest absolute Gasteiger partial charge is 0.175 e. The molecule has 0 bridgehead atoms. The number of fused-ring (bicyclic) bond motifs is 1. The summed E-state index contributed by atoms with van der Waals surface area (Å²) in [5, 5.41) is 8.22. The minimum Gasteiger partial charge on any atom is -0.495 e. The molecule has 9 heteroatoms. The molecule has 2 aromatic heterocycles. The molecule has 4 aromatic rings. The zero-order valence-electron chi connectivity index (χ0n) is 23.1. The van der Waals surface area contributed by atoms with Crippen molar-refractivity contribution in [3.8, 4) is 17.6 Å². The molecular weight excluding hydrogens is 522 g/mol. The fourth-order valence-corrected chi connectivity index (χ4v) is 5.86. The summed E-state index contributed by atoms with van der Waals surface area (Å²) < 4.78 is 31.3. The summed E-state index contributed by atoms with van der Waals surface area (Å²) in [5.41, 5.74) is 5.14. The number of hydrogen-bond acceptors (Lipinski definition) is 7. The topological polar surface area (TPSA) is 88.5 Å². The van der Waals surface area contributed by atoms with E-state index in [-0.39, 0.29) is 4.90 Å². The highest BCUT2D eigenvalue weighted by Crippen LogP contribution is 2.30. The molecule has 1 fully saturated rings. The second-order valence-corrected chi connectivity index (χ2v) is 11.9. The van der Waals surface area contributed by atoms with Gasteiger partial charge in [0, 0.05) is 55.3 Å². The molecule has 1 saturated heterocycles. The van der Waals surface area contributed by atoms with E-state index in [2.05, 4.69) is 74.2 Å². The molecule has 0 saturated carbocycles. The molecule has 0 unspecified atom stereocenters. The Morgan fingerprint density at radius 1 is 1.07 bits per heavy atom. The maximum atomic E-state index is 11.9. The fraction of sp³-hybridized carbons (Fsp3) is 0.323. The van der Waals surface area contributed by atoms with Crippen LogP contribution in [-0.4, -0.2) is 57.0 Å². The zero-order valence-corrected chi connectivity index (χ0v) is 24.0. The number of rotatable bonds is 8. The maximum Gasteiger partial charge on any atom is 0.175 e. The van der Waals surface area contributed by atoms with E-state index in [0.717, 1.165) is 49.4 Å². The Morgan fingerprint density at radius 3 is 2.60 bits per heavy atom. The first-order chi connectivity index (χ1) is 19.4. The number of benzene rings is 2. The standard InChI is InChI=1S/C31H35N5O3S/c1-4-36-24(8-7-17-33-29-13-12-26(40(3,37)38)21-31(29)39-2)20-27-28(10-5-11-30(27)36)34-23-14-18-35(19-15-23)25-9-6-16-32-22-25/h5-6,9-13,16,20-23,33-34H,4,14-15,17-19H2,1-3H3. The molecule has 3 heterocycles. The third kappa shape index (κ3) is 6.02.